The van der Waals surface area contributed by atoms with E-state index in [9.17, 15) is 9.90 Å². The summed E-state index contributed by atoms with van der Waals surface area (Å²) in [5.74, 6) is -0.992. The zero-order valence-corrected chi connectivity index (χ0v) is 9.79. The van der Waals surface area contributed by atoms with Crippen molar-refractivity contribution in [1.29, 1.82) is 0 Å². The minimum absolute atomic E-state index is 0.0641. The third-order valence-electron chi connectivity index (χ3n) is 1.92. The maximum Gasteiger partial charge on any atom is 0.337 e. The number of halogens is 2. The fourth-order valence-electron chi connectivity index (χ4n) is 1.13. The molecule has 0 bridgehead atoms. The lowest BCUT2D eigenvalue weighted by Crippen LogP contribution is -2.21. The number of benzene rings is 1. The Labute approximate surface area is 103 Å². The molecule has 6 heteroatoms. The first-order valence-corrected chi connectivity index (χ1v) is 5.46. The summed E-state index contributed by atoms with van der Waals surface area (Å²) in [5, 5.41) is 21.3. The molecule has 0 saturated heterocycles. The number of anilines is 1. The maximum atomic E-state index is 10.9. The molecular formula is C10H11Cl2NO3. The van der Waals surface area contributed by atoms with Crippen LogP contribution in [0.25, 0.3) is 0 Å². The highest BCUT2D eigenvalue weighted by Crippen LogP contribution is 2.20. The molecule has 1 rings (SSSR count). The normalized spacial score (nSPS) is 12.2. The van der Waals surface area contributed by atoms with Crippen LogP contribution in [0.2, 0.25) is 5.02 Å². The van der Waals surface area contributed by atoms with E-state index < -0.39 is 12.1 Å². The standard InChI is InChI=1S/C10H11Cl2NO3/c11-4-7(14)5-13-9-2-1-6(12)3-8(9)10(15)16/h1-3,7,13-14H,4-5H2,(H,15,16). The van der Waals surface area contributed by atoms with Gasteiger partial charge in [-0.1, -0.05) is 11.6 Å². The molecule has 0 amide bonds. The molecule has 0 spiro atoms. The first-order chi connectivity index (χ1) is 7.54. The van der Waals surface area contributed by atoms with Gasteiger partial charge in [0.25, 0.3) is 0 Å². The Morgan fingerprint density at radius 1 is 1.50 bits per heavy atom. The molecule has 0 heterocycles. The Morgan fingerprint density at radius 3 is 2.75 bits per heavy atom. The predicted molar refractivity (Wildman–Crippen MR) is 63.6 cm³/mol. The highest BCUT2D eigenvalue weighted by atomic mass is 35.5. The zero-order valence-electron chi connectivity index (χ0n) is 8.28. The molecule has 88 valence electrons. The van der Waals surface area contributed by atoms with E-state index in [-0.39, 0.29) is 18.0 Å². The van der Waals surface area contributed by atoms with Crippen LogP contribution in [0.5, 0.6) is 0 Å². The minimum atomic E-state index is -1.08. The molecule has 1 aromatic carbocycles. The highest BCUT2D eigenvalue weighted by Gasteiger charge is 2.11. The molecule has 16 heavy (non-hydrogen) atoms. The van der Waals surface area contributed by atoms with Gasteiger partial charge >= 0.3 is 5.97 Å². The van der Waals surface area contributed by atoms with Crippen molar-refractivity contribution in [2.75, 3.05) is 17.7 Å². The lowest BCUT2D eigenvalue weighted by Gasteiger charge is -2.12. The van der Waals surface area contributed by atoms with E-state index in [0.29, 0.717) is 10.7 Å². The summed E-state index contributed by atoms with van der Waals surface area (Å²) in [5.41, 5.74) is 0.468. The number of hydrogen-bond acceptors (Lipinski definition) is 3. The SMILES string of the molecule is O=C(O)c1cc(Cl)ccc1NCC(O)CCl. The first kappa shape index (κ1) is 13.1. The molecule has 4 nitrogen and oxygen atoms in total. The third kappa shape index (κ3) is 3.56. The molecule has 0 fully saturated rings. The quantitative estimate of drug-likeness (QED) is 0.712. The fourth-order valence-corrected chi connectivity index (χ4v) is 1.41. The van der Waals surface area contributed by atoms with Gasteiger partial charge in [0.15, 0.2) is 0 Å². The summed E-state index contributed by atoms with van der Waals surface area (Å²) in [4.78, 5) is 10.9. The molecule has 0 radical (unpaired) electrons. The van der Waals surface area contributed by atoms with Crippen molar-refractivity contribution in [2.45, 2.75) is 6.10 Å². The summed E-state index contributed by atoms with van der Waals surface area (Å²) in [6, 6.07) is 4.47. The number of carboxylic acid groups (broad SMARTS) is 1. The summed E-state index contributed by atoms with van der Waals surface area (Å²) in [6.07, 6.45) is -0.723. The van der Waals surface area contributed by atoms with Gasteiger partial charge in [-0.2, -0.15) is 0 Å². The van der Waals surface area contributed by atoms with Crippen LogP contribution < -0.4 is 5.32 Å². The number of alkyl halides is 1. The monoisotopic (exact) mass is 263 g/mol. The number of carboxylic acids is 1. The van der Waals surface area contributed by atoms with Crippen molar-refractivity contribution < 1.29 is 15.0 Å². The zero-order chi connectivity index (χ0) is 12.1. The lowest BCUT2D eigenvalue weighted by molar-refractivity contribution is 0.0697. The Morgan fingerprint density at radius 2 is 2.19 bits per heavy atom. The highest BCUT2D eigenvalue weighted by molar-refractivity contribution is 6.31. The van der Waals surface area contributed by atoms with Gasteiger partial charge in [-0.15, -0.1) is 11.6 Å². The molecule has 1 unspecified atom stereocenters. The molecule has 0 aliphatic heterocycles. The predicted octanol–water partition coefficient (Wildman–Crippen LogP) is 2.05. The van der Waals surface area contributed by atoms with Gasteiger partial charge in [-0.25, -0.2) is 4.79 Å². The molecule has 1 aromatic rings. The Balaban J connectivity index is 2.82. The van der Waals surface area contributed by atoms with Crippen molar-refractivity contribution in [3.05, 3.63) is 28.8 Å². The number of aliphatic hydroxyl groups excluding tert-OH is 1. The van der Waals surface area contributed by atoms with Crippen molar-refractivity contribution in [3.63, 3.8) is 0 Å². The van der Waals surface area contributed by atoms with Crippen LogP contribution in [0.3, 0.4) is 0 Å². The van der Waals surface area contributed by atoms with Crippen molar-refractivity contribution >= 4 is 34.9 Å². The van der Waals surface area contributed by atoms with E-state index in [4.69, 9.17) is 28.3 Å². The second kappa shape index (κ2) is 5.94. The van der Waals surface area contributed by atoms with Gasteiger partial charge in [0.05, 0.1) is 17.5 Å². The van der Waals surface area contributed by atoms with Gasteiger partial charge in [0.1, 0.15) is 0 Å². The summed E-state index contributed by atoms with van der Waals surface area (Å²) in [7, 11) is 0. The number of hydrogen-bond donors (Lipinski definition) is 3. The molecule has 3 N–H and O–H groups in total. The smallest absolute Gasteiger partial charge is 0.337 e. The van der Waals surface area contributed by atoms with Crippen molar-refractivity contribution in [1.82, 2.24) is 0 Å². The van der Waals surface area contributed by atoms with E-state index >= 15 is 0 Å². The van der Waals surface area contributed by atoms with Crippen LogP contribution in [0.4, 0.5) is 5.69 Å². The number of aliphatic hydroxyl groups is 1. The second-order valence-corrected chi connectivity index (χ2v) is 3.93. The van der Waals surface area contributed by atoms with Crippen LogP contribution in [0, 0.1) is 0 Å². The van der Waals surface area contributed by atoms with Gasteiger partial charge in [-0.05, 0) is 18.2 Å². The van der Waals surface area contributed by atoms with E-state index in [1.165, 1.54) is 6.07 Å². The van der Waals surface area contributed by atoms with Crippen LogP contribution in [0.1, 0.15) is 10.4 Å². The van der Waals surface area contributed by atoms with Crippen LogP contribution in [0.15, 0.2) is 18.2 Å². The molecule has 0 aliphatic rings. The largest absolute Gasteiger partial charge is 0.478 e. The average Bonchev–Trinajstić information content (AvgIpc) is 2.26. The van der Waals surface area contributed by atoms with Gasteiger partial charge in [-0.3, -0.25) is 0 Å². The molecule has 0 aromatic heterocycles. The summed E-state index contributed by atoms with van der Waals surface area (Å²) in [6.45, 7) is 0.186. The van der Waals surface area contributed by atoms with Crippen molar-refractivity contribution in [3.8, 4) is 0 Å². The number of aromatic carboxylic acids is 1. The van der Waals surface area contributed by atoms with Gasteiger partial charge < -0.3 is 15.5 Å². The summed E-state index contributed by atoms with van der Waals surface area (Å²) >= 11 is 11.1. The van der Waals surface area contributed by atoms with Crippen LogP contribution >= 0.6 is 23.2 Å². The Kier molecular flexibility index (Phi) is 4.86. The minimum Gasteiger partial charge on any atom is -0.478 e. The van der Waals surface area contributed by atoms with Gasteiger partial charge in [0.2, 0.25) is 0 Å². The molecule has 0 saturated carbocycles. The van der Waals surface area contributed by atoms with Crippen molar-refractivity contribution in [2.24, 2.45) is 0 Å². The fraction of sp³-hybridized carbons (Fsp3) is 0.300. The van der Waals surface area contributed by atoms with Crippen LogP contribution in [-0.4, -0.2) is 34.7 Å². The third-order valence-corrected chi connectivity index (χ3v) is 2.51. The Bertz CT molecular complexity index is 384. The van der Waals surface area contributed by atoms with E-state index in [0.717, 1.165) is 0 Å². The lowest BCUT2D eigenvalue weighted by atomic mass is 10.1. The summed E-state index contributed by atoms with van der Waals surface area (Å²) < 4.78 is 0. The van der Waals surface area contributed by atoms with E-state index in [1.54, 1.807) is 12.1 Å². The topological polar surface area (TPSA) is 69.6 Å². The number of nitrogens with one attached hydrogen (secondary N) is 1. The van der Waals surface area contributed by atoms with Crippen LogP contribution in [-0.2, 0) is 0 Å². The Hall–Kier alpha value is -0.970. The van der Waals surface area contributed by atoms with E-state index in [2.05, 4.69) is 5.32 Å². The van der Waals surface area contributed by atoms with E-state index in [1.807, 2.05) is 0 Å². The molecule has 0 aliphatic carbocycles. The number of carbonyl (C=O) groups is 1. The first-order valence-electron chi connectivity index (χ1n) is 4.55. The average molecular weight is 264 g/mol. The molecular weight excluding hydrogens is 253 g/mol. The van der Waals surface area contributed by atoms with Gasteiger partial charge in [0, 0.05) is 17.3 Å². The number of rotatable bonds is 5. The second-order valence-electron chi connectivity index (χ2n) is 3.18. The molecule has 1 atom stereocenters. The maximum absolute atomic E-state index is 10.9.